The molecule has 0 spiro atoms. The molecule has 0 saturated heterocycles. The van der Waals surface area contributed by atoms with Crippen molar-refractivity contribution in [2.75, 3.05) is 7.11 Å². The molecule has 0 aliphatic heterocycles. The number of phenolic OH excluding ortho intramolecular Hbond substituents is 2. The maximum absolute atomic E-state index is 13.3. The molecule has 3 aromatic rings. The number of esters is 1. The van der Waals surface area contributed by atoms with E-state index in [1.54, 1.807) is 36.4 Å². The van der Waals surface area contributed by atoms with Crippen molar-refractivity contribution in [3.63, 3.8) is 0 Å². The Balaban J connectivity index is 1.53. The third-order valence-electron chi connectivity index (χ3n) is 6.80. The predicted molar refractivity (Wildman–Crippen MR) is 147 cm³/mol. The van der Waals surface area contributed by atoms with Crippen LogP contribution in [0.5, 0.6) is 23.0 Å². The Morgan fingerprint density at radius 1 is 0.950 bits per heavy atom. The normalized spacial score (nSPS) is 13.0. The van der Waals surface area contributed by atoms with Crippen LogP contribution in [-0.4, -0.2) is 67.2 Å². The van der Waals surface area contributed by atoms with Crippen LogP contribution in [0.15, 0.2) is 54.6 Å². The summed E-state index contributed by atoms with van der Waals surface area (Å²) in [5.41, 5.74) is 1.89. The fraction of sp³-hybridized carbons (Fsp3) is 0.300. The van der Waals surface area contributed by atoms with Crippen LogP contribution in [0.3, 0.4) is 0 Å². The van der Waals surface area contributed by atoms with Crippen molar-refractivity contribution >= 4 is 43.7 Å². The van der Waals surface area contributed by atoms with E-state index in [-0.39, 0.29) is 85.9 Å². The Labute approximate surface area is 248 Å². The van der Waals surface area contributed by atoms with Gasteiger partial charge < -0.3 is 14.6 Å². The first-order chi connectivity index (χ1) is 19.3. The van der Waals surface area contributed by atoms with Gasteiger partial charge in [-0.15, -0.1) is 0 Å². The Morgan fingerprint density at radius 3 is 2.35 bits per heavy atom. The molecule has 3 aromatic carbocycles. The third kappa shape index (κ3) is 7.32. The molecule has 0 heterocycles. The Hall–Kier alpha value is -3.61. The Bertz CT molecular complexity index is 1400. The van der Waals surface area contributed by atoms with Crippen LogP contribution in [0.25, 0.3) is 0 Å². The average Bonchev–Trinajstić information content (AvgIpc) is 3.47. The third-order valence-corrected chi connectivity index (χ3v) is 7.82. The van der Waals surface area contributed by atoms with Crippen LogP contribution in [0.2, 0.25) is 0 Å². The number of aryl methyl sites for hydroxylation is 1. The van der Waals surface area contributed by atoms with E-state index in [0.717, 1.165) is 25.7 Å². The molecule has 1 saturated carbocycles. The number of benzene rings is 3. The molecule has 0 radical (unpaired) electrons. The van der Waals surface area contributed by atoms with Crippen molar-refractivity contribution in [1.29, 1.82) is 0 Å². The molecule has 0 atom stereocenters. The van der Waals surface area contributed by atoms with Crippen LogP contribution >= 0.6 is 0 Å². The summed E-state index contributed by atoms with van der Waals surface area (Å²) in [6.45, 7) is 0.0832. The molecule has 0 aromatic heterocycles. The van der Waals surface area contributed by atoms with Crippen LogP contribution in [0, 0.1) is 0 Å². The summed E-state index contributed by atoms with van der Waals surface area (Å²) in [6, 6.07) is 14.3. The number of amides is 1. The number of aromatic hydroxyl groups is 2. The number of rotatable bonds is 11. The second kappa shape index (κ2) is 13.6. The van der Waals surface area contributed by atoms with Crippen LogP contribution in [0.1, 0.15) is 69.5 Å². The van der Waals surface area contributed by atoms with Gasteiger partial charge >= 0.3 is 145 Å². The van der Waals surface area contributed by atoms with E-state index in [0.29, 0.717) is 28.2 Å². The first-order valence-corrected chi connectivity index (χ1v) is 15.2. The molecule has 1 aliphatic carbocycles. The van der Waals surface area contributed by atoms with E-state index in [4.69, 9.17) is 14.2 Å². The topological polar surface area (TPSA) is 131 Å². The number of carbonyl (C=O) groups excluding carboxylic acids is 3. The summed E-state index contributed by atoms with van der Waals surface area (Å²) in [6.07, 6.45) is 4.68. The molecular formula is C30H30NO8Tl. The van der Waals surface area contributed by atoms with Crippen LogP contribution < -0.4 is 12.6 Å². The first kappa shape index (κ1) is 29.4. The second-order valence-corrected chi connectivity index (χ2v) is 10.7. The van der Waals surface area contributed by atoms with Gasteiger partial charge in [0.15, 0.2) is 5.78 Å². The molecular weight excluding hydrogens is 707 g/mol. The van der Waals surface area contributed by atoms with Gasteiger partial charge in [-0.1, -0.05) is 0 Å². The molecule has 3 N–H and O–H groups in total. The molecule has 206 valence electrons. The SMILES string of the molecule is COC(=O)CCc1cc(C(=O)c2ccc(OC3CCCC3)cc2O)ccc1OCc1ccc(C(=O)[NH][Tl])c(O)c1. The van der Waals surface area contributed by atoms with E-state index < -0.39 is 5.97 Å². The number of ether oxygens (including phenoxy) is 3. The zero-order chi connectivity index (χ0) is 28.6. The maximum atomic E-state index is 13.3. The van der Waals surface area contributed by atoms with E-state index in [9.17, 15) is 24.6 Å². The second-order valence-electron chi connectivity index (χ2n) is 9.54. The fourth-order valence-corrected chi connectivity index (χ4v) is 5.23. The first-order valence-electron chi connectivity index (χ1n) is 13.0. The van der Waals surface area contributed by atoms with Crippen molar-refractivity contribution in [1.82, 2.24) is 3.13 Å². The van der Waals surface area contributed by atoms with Crippen molar-refractivity contribution in [3.8, 4) is 23.0 Å². The number of methoxy groups -OCH3 is 1. The number of nitrogens with one attached hydrogen (secondary N) is 1. The molecule has 1 fully saturated rings. The number of ketones is 1. The molecule has 4 rings (SSSR count). The standard InChI is InChI=1S/C30H31NO8.Tl/c1-37-28(34)13-8-19-15-20(7-12-27(19)38-17-18-6-10-24(30(31)36)25(32)14-18)29(35)23-11-9-22(16-26(23)33)39-21-4-2-3-5-21;/h6-7,9-12,14-16,21H,2-5,8,13,17H2,1H3,(H4,31,32,33,35,36);/q;+1/p-1. The molecule has 1 amide bonds. The molecule has 10 heteroatoms. The van der Waals surface area contributed by atoms with Crippen LogP contribution in [-0.2, 0) is 22.6 Å². The molecule has 0 bridgehead atoms. The van der Waals surface area contributed by atoms with Crippen molar-refractivity contribution < 1.29 is 38.8 Å². The van der Waals surface area contributed by atoms with Gasteiger partial charge in [-0.05, 0) is 37.8 Å². The fourth-order valence-electron chi connectivity index (χ4n) is 4.62. The van der Waals surface area contributed by atoms with Gasteiger partial charge in [0.1, 0.15) is 11.5 Å². The summed E-state index contributed by atoms with van der Waals surface area (Å²) in [7, 11) is 1.31. The average molecular weight is 737 g/mol. The van der Waals surface area contributed by atoms with E-state index in [2.05, 4.69) is 3.13 Å². The van der Waals surface area contributed by atoms with E-state index in [1.165, 1.54) is 25.3 Å². The number of hydrogen-bond acceptors (Lipinski definition) is 8. The minimum atomic E-state index is -0.406. The van der Waals surface area contributed by atoms with Crippen molar-refractivity contribution in [3.05, 3.63) is 82.4 Å². The van der Waals surface area contributed by atoms with E-state index in [1.807, 2.05) is 0 Å². The molecule has 40 heavy (non-hydrogen) atoms. The summed E-state index contributed by atoms with van der Waals surface area (Å²) in [5.74, 6) is -0.453. The van der Waals surface area contributed by atoms with Gasteiger partial charge in [0, 0.05) is 6.07 Å². The zero-order valence-electron chi connectivity index (χ0n) is 22.1. The van der Waals surface area contributed by atoms with Gasteiger partial charge in [-0.25, -0.2) is 0 Å². The van der Waals surface area contributed by atoms with Gasteiger partial charge in [0.05, 0.1) is 18.8 Å². The molecule has 1 aliphatic rings. The predicted octanol–water partition coefficient (Wildman–Crippen LogP) is 4.15. The van der Waals surface area contributed by atoms with Crippen molar-refractivity contribution in [2.45, 2.75) is 51.2 Å². The van der Waals surface area contributed by atoms with Gasteiger partial charge in [0.25, 0.3) is 0 Å². The van der Waals surface area contributed by atoms with Gasteiger partial charge in [0.2, 0.25) is 0 Å². The van der Waals surface area contributed by atoms with Gasteiger partial charge in [-0.2, -0.15) is 0 Å². The monoisotopic (exact) mass is 737 g/mol. The zero-order valence-corrected chi connectivity index (χ0v) is 26.6. The van der Waals surface area contributed by atoms with Crippen molar-refractivity contribution in [2.24, 2.45) is 0 Å². The van der Waals surface area contributed by atoms with Gasteiger partial charge in [-0.3, -0.25) is 9.59 Å². The minimum absolute atomic E-state index is 0.0779. The Morgan fingerprint density at radius 2 is 1.68 bits per heavy atom. The quantitative estimate of drug-likeness (QED) is 0.152. The summed E-state index contributed by atoms with van der Waals surface area (Å²) < 4.78 is 19.3. The summed E-state index contributed by atoms with van der Waals surface area (Å²) in [4.78, 5) is 37.0. The summed E-state index contributed by atoms with van der Waals surface area (Å²) >= 11 is 0.261. The van der Waals surface area contributed by atoms with Crippen LogP contribution in [0.4, 0.5) is 0 Å². The number of carbonyl (C=O) groups is 3. The molecule has 9 nitrogen and oxygen atoms in total. The number of hydrogen-bond donors (Lipinski definition) is 3. The number of phenols is 2. The summed E-state index contributed by atoms with van der Waals surface area (Å²) in [5, 5.41) is 20.8. The molecule has 0 unspecified atom stereocenters. The Kier molecular flexibility index (Phi) is 10.0. The van der Waals surface area contributed by atoms with E-state index >= 15 is 0 Å².